The van der Waals surface area contributed by atoms with Gasteiger partial charge in [-0.05, 0) is 19.1 Å². The molecule has 2 aromatic heterocycles. The van der Waals surface area contributed by atoms with Crippen molar-refractivity contribution in [3.63, 3.8) is 0 Å². The predicted molar refractivity (Wildman–Crippen MR) is 50.1 cm³/mol. The van der Waals surface area contributed by atoms with Crippen LogP contribution in [-0.4, -0.2) is 15.6 Å². The molecular weight excluding hydrogens is 180 g/mol. The number of nitrogens with zero attached hydrogens (tertiary/aromatic N) is 2. The molecule has 0 bridgehead atoms. The van der Waals surface area contributed by atoms with Gasteiger partial charge in [0.05, 0.1) is 11.8 Å². The number of aryl methyl sites for hydroxylation is 2. The lowest BCUT2D eigenvalue weighted by atomic mass is 10.1. The summed E-state index contributed by atoms with van der Waals surface area (Å²) < 4.78 is 6.66. The van der Waals surface area contributed by atoms with Crippen LogP contribution in [0.2, 0.25) is 0 Å². The summed E-state index contributed by atoms with van der Waals surface area (Å²) in [5.41, 5.74) is 1.01. The molecule has 14 heavy (non-hydrogen) atoms. The van der Waals surface area contributed by atoms with Gasteiger partial charge in [0.2, 0.25) is 5.78 Å². The van der Waals surface area contributed by atoms with Gasteiger partial charge < -0.3 is 4.42 Å². The van der Waals surface area contributed by atoms with E-state index < -0.39 is 0 Å². The molecule has 0 spiro atoms. The Balaban J connectivity index is 2.38. The van der Waals surface area contributed by atoms with Gasteiger partial charge in [0, 0.05) is 13.2 Å². The number of ketones is 1. The van der Waals surface area contributed by atoms with Crippen LogP contribution in [0.1, 0.15) is 21.8 Å². The number of carbonyl (C=O) groups is 1. The van der Waals surface area contributed by atoms with Gasteiger partial charge in [-0.25, -0.2) is 0 Å². The first-order valence-electron chi connectivity index (χ1n) is 4.27. The van der Waals surface area contributed by atoms with E-state index in [0.717, 1.165) is 0 Å². The number of hydrogen-bond acceptors (Lipinski definition) is 3. The van der Waals surface area contributed by atoms with Crippen LogP contribution in [0.15, 0.2) is 29.0 Å². The summed E-state index contributed by atoms with van der Waals surface area (Å²) in [4.78, 5) is 11.8. The lowest BCUT2D eigenvalue weighted by Gasteiger charge is -1.93. The highest BCUT2D eigenvalue weighted by atomic mass is 16.3. The number of furan rings is 1. The second-order valence-electron chi connectivity index (χ2n) is 3.09. The van der Waals surface area contributed by atoms with Crippen LogP contribution in [0, 0.1) is 6.92 Å². The van der Waals surface area contributed by atoms with Crippen LogP contribution in [-0.2, 0) is 7.05 Å². The zero-order chi connectivity index (χ0) is 10.1. The number of hydrogen-bond donors (Lipinski definition) is 0. The van der Waals surface area contributed by atoms with Crippen molar-refractivity contribution in [2.24, 2.45) is 7.05 Å². The van der Waals surface area contributed by atoms with Crippen LogP contribution >= 0.6 is 0 Å². The first-order valence-corrected chi connectivity index (χ1v) is 4.27. The largest absolute Gasteiger partial charge is 0.469 e. The minimum Gasteiger partial charge on any atom is -0.469 e. The number of aromatic nitrogens is 2. The van der Waals surface area contributed by atoms with Gasteiger partial charge in [0.1, 0.15) is 11.5 Å². The maximum absolute atomic E-state index is 11.8. The minimum absolute atomic E-state index is 0.100. The third-order valence-electron chi connectivity index (χ3n) is 2.05. The Bertz CT molecular complexity index is 468. The van der Waals surface area contributed by atoms with Gasteiger partial charge in [-0.15, -0.1) is 0 Å². The molecule has 2 heterocycles. The van der Waals surface area contributed by atoms with Gasteiger partial charge in [-0.3, -0.25) is 9.48 Å². The molecule has 0 radical (unpaired) electrons. The second kappa shape index (κ2) is 3.14. The predicted octanol–water partition coefficient (Wildman–Crippen LogP) is 1.55. The molecule has 2 rings (SSSR count). The van der Waals surface area contributed by atoms with Gasteiger partial charge in [-0.2, -0.15) is 5.10 Å². The molecule has 0 fully saturated rings. The summed E-state index contributed by atoms with van der Waals surface area (Å²) in [5.74, 6) is 0.525. The molecule has 0 N–H and O–H groups in total. The van der Waals surface area contributed by atoms with E-state index >= 15 is 0 Å². The molecule has 0 aromatic carbocycles. The van der Waals surface area contributed by atoms with Crippen LogP contribution in [0.5, 0.6) is 0 Å². The van der Waals surface area contributed by atoms with Crippen molar-refractivity contribution in [2.45, 2.75) is 6.92 Å². The van der Waals surface area contributed by atoms with Crippen LogP contribution in [0.4, 0.5) is 0 Å². The molecule has 0 saturated heterocycles. The van der Waals surface area contributed by atoms with E-state index in [-0.39, 0.29) is 5.78 Å². The molecule has 0 saturated carbocycles. The number of rotatable bonds is 2. The minimum atomic E-state index is -0.100. The SMILES string of the molecule is Cc1occc1C(=O)c1ccn(C)n1. The van der Waals surface area contributed by atoms with Gasteiger partial charge >= 0.3 is 0 Å². The molecule has 2 aromatic rings. The van der Waals surface area contributed by atoms with Crippen molar-refractivity contribution >= 4 is 5.78 Å². The Hall–Kier alpha value is -1.84. The Morgan fingerprint density at radius 1 is 1.50 bits per heavy atom. The molecule has 4 nitrogen and oxygen atoms in total. The third-order valence-corrected chi connectivity index (χ3v) is 2.05. The summed E-state index contributed by atoms with van der Waals surface area (Å²) in [6.45, 7) is 1.76. The Morgan fingerprint density at radius 2 is 2.29 bits per heavy atom. The van der Waals surface area contributed by atoms with E-state index in [1.54, 1.807) is 37.0 Å². The summed E-state index contributed by atoms with van der Waals surface area (Å²) >= 11 is 0. The average Bonchev–Trinajstić information content (AvgIpc) is 2.73. The highest BCUT2D eigenvalue weighted by molar-refractivity contribution is 6.08. The zero-order valence-electron chi connectivity index (χ0n) is 8.02. The fourth-order valence-corrected chi connectivity index (χ4v) is 1.29. The maximum Gasteiger partial charge on any atom is 0.216 e. The summed E-state index contributed by atoms with van der Waals surface area (Å²) in [5, 5.41) is 4.03. The van der Waals surface area contributed by atoms with Crippen LogP contribution in [0.3, 0.4) is 0 Å². The molecular formula is C10H10N2O2. The highest BCUT2D eigenvalue weighted by Gasteiger charge is 2.15. The molecule has 0 aliphatic rings. The summed E-state index contributed by atoms with van der Waals surface area (Å²) in [6.07, 6.45) is 3.24. The fraction of sp³-hybridized carbons (Fsp3) is 0.200. The van der Waals surface area contributed by atoms with Crippen molar-refractivity contribution in [1.29, 1.82) is 0 Å². The van der Waals surface area contributed by atoms with E-state index in [2.05, 4.69) is 5.10 Å². The third kappa shape index (κ3) is 1.35. The highest BCUT2D eigenvalue weighted by Crippen LogP contribution is 2.13. The normalized spacial score (nSPS) is 10.4. The van der Waals surface area contributed by atoms with Crippen molar-refractivity contribution in [3.8, 4) is 0 Å². The molecule has 0 unspecified atom stereocenters. The quantitative estimate of drug-likeness (QED) is 0.675. The smallest absolute Gasteiger partial charge is 0.216 e. The Kier molecular flexibility index (Phi) is 1.96. The Morgan fingerprint density at radius 3 is 2.79 bits per heavy atom. The van der Waals surface area contributed by atoms with E-state index in [1.807, 2.05) is 0 Å². The van der Waals surface area contributed by atoms with E-state index in [0.29, 0.717) is 17.0 Å². The summed E-state index contributed by atoms with van der Waals surface area (Å²) in [7, 11) is 1.78. The second-order valence-corrected chi connectivity index (χ2v) is 3.09. The average molecular weight is 190 g/mol. The van der Waals surface area contributed by atoms with E-state index in [4.69, 9.17) is 4.42 Å². The molecule has 4 heteroatoms. The van der Waals surface area contributed by atoms with Crippen molar-refractivity contribution < 1.29 is 9.21 Å². The first-order chi connectivity index (χ1) is 6.68. The van der Waals surface area contributed by atoms with Crippen molar-refractivity contribution in [2.75, 3.05) is 0 Å². The van der Waals surface area contributed by atoms with E-state index in [1.165, 1.54) is 6.26 Å². The number of carbonyl (C=O) groups excluding carboxylic acids is 1. The monoisotopic (exact) mass is 190 g/mol. The standard InChI is InChI=1S/C10H10N2O2/c1-7-8(4-6-14-7)10(13)9-3-5-12(2)11-9/h3-6H,1-2H3. The first kappa shape index (κ1) is 8.74. The topological polar surface area (TPSA) is 48.0 Å². The van der Waals surface area contributed by atoms with Crippen LogP contribution in [0.25, 0.3) is 0 Å². The van der Waals surface area contributed by atoms with Gasteiger partial charge in [-0.1, -0.05) is 0 Å². The Labute approximate surface area is 81.1 Å². The fourth-order valence-electron chi connectivity index (χ4n) is 1.29. The lowest BCUT2D eigenvalue weighted by Crippen LogP contribution is -2.03. The van der Waals surface area contributed by atoms with Crippen molar-refractivity contribution in [3.05, 3.63) is 41.6 Å². The lowest BCUT2D eigenvalue weighted by molar-refractivity contribution is 0.103. The maximum atomic E-state index is 11.8. The summed E-state index contributed by atoms with van der Waals surface area (Å²) in [6, 6.07) is 3.35. The molecule has 72 valence electrons. The van der Waals surface area contributed by atoms with Gasteiger partial charge in [0.15, 0.2) is 0 Å². The van der Waals surface area contributed by atoms with Crippen LogP contribution < -0.4 is 0 Å². The zero-order valence-corrected chi connectivity index (χ0v) is 8.02. The molecule has 0 aliphatic heterocycles. The van der Waals surface area contributed by atoms with Crippen molar-refractivity contribution in [1.82, 2.24) is 9.78 Å². The van der Waals surface area contributed by atoms with Gasteiger partial charge in [0.25, 0.3) is 0 Å². The molecule has 0 aliphatic carbocycles. The molecule has 0 amide bonds. The molecule has 0 atom stereocenters. The van der Waals surface area contributed by atoms with E-state index in [9.17, 15) is 4.79 Å².